The van der Waals surface area contributed by atoms with Crippen molar-refractivity contribution < 1.29 is 9.21 Å². The summed E-state index contributed by atoms with van der Waals surface area (Å²) in [7, 11) is 0. The molecule has 1 amide bonds. The van der Waals surface area contributed by atoms with Crippen LogP contribution in [0.3, 0.4) is 0 Å². The molecule has 6 heteroatoms. The van der Waals surface area contributed by atoms with Gasteiger partial charge in [-0.3, -0.25) is 4.79 Å². The van der Waals surface area contributed by atoms with E-state index in [-0.39, 0.29) is 11.1 Å². The Labute approximate surface area is 154 Å². The zero-order valence-corrected chi connectivity index (χ0v) is 14.6. The number of para-hydroxylation sites is 2. The quantitative estimate of drug-likeness (QED) is 0.514. The standard InChI is InChI=1S/C20H14ClN3O2/c1-12-8-9-13(20-24-15-6-2-3-7-17(15)26-20)11-16(12)23-19(25)14-5-4-10-22-18(14)21/h2-11H,1H3,(H,23,25). The molecule has 0 aliphatic heterocycles. The molecule has 26 heavy (non-hydrogen) atoms. The molecule has 0 aliphatic rings. The molecule has 0 saturated heterocycles. The molecule has 0 saturated carbocycles. The fraction of sp³-hybridized carbons (Fsp3) is 0.0500. The van der Waals surface area contributed by atoms with Crippen LogP contribution >= 0.6 is 11.6 Å². The number of carbonyl (C=O) groups excluding carboxylic acids is 1. The molecule has 4 aromatic rings. The maximum absolute atomic E-state index is 12.5. The Morgan fingerprint density at radius 2 is 1.96 bits per heavy atom. The molecule has 2 aromatic heterocycles. The van der Waals surface area contributed by atoms with Gasteiger partial charge in [-0.05, 0) is 48.9 Å². The number of amides is 1. The molecule has 0 fully saturated rings. The van der Waals surface area contributed by atoms with Crippen LogP contribution in [0.15, 0.2) is 65.2 Å². The zero-order valence-electron chi connectivity index (χ0n) is 13.9. The summed E-state index contributed by atoms with van der Waals surface area (Å²) in [4.78, 5) is 20.9. The largest absolute Gasteiger partial charge is 0.436 e. The van der Waals surface area contributed by atoms with Crippen molar-refractivity contribution in [2.75, 3.05) is 5.32 Å². The number of anilines is 1. The number of aromatic nitrogens is 2. The molecule has 0 aliphatic carbocycles. The van der Waals surface area contributed by atoms with E-state index in [0.29, 0.717) is 17.1 Å². The van der Waals surface area contributed by atoms with Gasteiger partial charge in [0.05, 0.1) is 5.56 Å². The lowest BCUT2D eigenvalue weighted by molar-refractivity contribution is 0.102. The molecule has 4 rings (SSSR count). The van der Waals surface area contributed by atoms with Gasteiger partial charge in [0.25, 0.3) is 5.91 Å². The van der Waals surface area contributed by atoms with Crippen molar-refractivity contribution in [2.45, 2.75) is 6.92 Å². The molecule has 128 valence electrons. The van der Waals surface area contributed by atoms with E-state index in [0.717, 1.165) is 22.2 Å². The summed E-state index contributed by atoms with van der Waals surface area (Å²) >= 11 is 6.00. The number of oxazole rings is 1. The number of pyridine rings is 1. The first-order valence-corrected chi connectivity index (χ1v) is 8.38. The Hall–Kier alpha value is -3.18. The Bertz CT molecular complexity index is 1090. The number of nitrogens with zero attached hydrogens (tertiary/aromatic N) is 2. The minimum atomic E-state index is -0.319. The summed E-state index contributed by atoms with van der Waals surface area (Å²) in [6.07, 6.45) is 1.54. The van der Waals surface area contributed by atoms with Gasteiger partial charge in [-0.25, -0.2) is 9.97 Å². The SMILES string of the molecule is Cc1ccc(-c2nc3ccccc3o2)cc1NC(=O)c1cccnc1Cl. The Kier molecular flexibility index (Phi) is 4.14. The fourth-order valence-electron chi connectivity index (χ4n) is 2.63. The van der Waals surface area contributed by atoms with E-state index in [1.807, 2.05) is 49.4 Å². The van der Waals surface area contributed by atoms with E-state index < -0.39 is 0 Å². The van der Waals surface area contributed by atoms with Crippen LogP contribution in [0.4, 0.5) is 5.69 Å². The summed E-state index contributed by atoms with van der Waals surface area (Å²) in [6.45, 7) is 1.91. The van der Waals surface area contributed by atoms with Crippen LogP contribution < -0.4 is 5.32 Å². The highest BCUT2D eigenvalue weighted by Crippen LogP contribution is 2.28. The maximum atomic E-state index is 12.5. The summed E-state index contributed by atoms with van der Waals surface area (Å²) < 4.78 is 5.80. The lowest BCUT2D eigenvalue weighted by Gasteiger charge is -2.10. The van der Waals surface area contributed by atoms with E-state index >= 15 is 0 Å². The molecule has 1 N–H and O–H groups in total. The monoisotopic (exact) mass is 363 g/mol. The molecule has 5 nitrogen and oxygen atoms in total. The first kappa shape index (κ1) is 16.3. The smallest absolute Gasteiger partial charge is 0.258 e. The zero-order chi connectivity index (χ0) is 18.1. The predicted octanol–water partition coefficient (Wildman–Crippen LogP) is 5.10. The van der Waals surface area contributed by atoms with Crippen LogP contribution in [0, 0.1) is 6.92 Å². The number of benzene rings is 2. The van der Waals surface area contributed by atoms with Crippen molar-refractivity contribution in [1.29, 1.82) is 0 Å². The van der Waals surface area contributed by atoms with Crippen LogP contribution in [-0.4, -0.2) is 15.9 Å². The van der Waals surface area contributed by atoms with Crippen molar-refractivity contribution in [2.24, 2.45) is 0 Å². The molecule has 0 bridgehead atoms. The molecule has 0 spiro atoms. The van der Waals surface area contributed by atoms with E-state index in [1.54, 1.807) is 12.1 Å². The van der Waals surface area contributed by atoms with Crippen molar-refractivity contribution in [3.8, 4) is 11.5 Å². The molecule has 2 aromatic carbocycles. The fourth-order valence-corrected chi connectivity index (χ4v) is 2.84. The Morgan fingerprint density at radius 1 is 1.12 bits per heavy atom. The number of nitrogens with one attached hydrogen (secondary N) is 1. The van der Waals surface area contributed by atoms with Crippen molar-refractivity contribution in [1.82, 2.24) is 9.97 Å². The lowest BCUT2D eigenvalue weighted by Crippen LogP contribution is -2.13. The normalized spacial score (nSPS) is 10.8. The van der Waals surface area contributed by atoms with Gasteiger partial charge in [0, 0.05) is 17.4 Å². The van der Waals surface area contributed by atoms with E-state index in [4.69, 9.17) is 16.0 Å². The summed E-state index contributed by atoms with van der Waals surface area (Å²) in [5, 5.41) is 3.04. The second-order valence-corrected chi connectivity index (χ2v) is 6.17. The molecule has 0 radical (unpaired) electrons. The van der Waals surface area contributed by atoms with Gasteiger partial charge in [-0.15, -0.1) is 0 Å². The number of rotatable bonds is 3. The second-order valence-electron chi connectivity index (χ2n) is 5.81. The lowest BCUT2D eigenvalue weighted by atomic mass is 10.1. The molecule has 0 unspecified atom stereocenters. The number of hydrogen-bond acceptors (Lipinski definition) is 4. The van der Waals surface area contributed by atoms with Crippen LogP contribution in [0.25, 0.3) is 22.6 Å². The minimum absolute atomic E-state index is 0.165. The van der Waals surface area contributed by atoms with Gasteiger partial charge in [0.1, 0.15) is 10.7 Å². The number of carbonyl (C=O) groups is 1. The van der Waals surface area contributed by atoms with Crippen molar-refractivity contribution in [3.63, 3.8) is 0 Å². The Balaban J connectivity index is 1.68. The van der Waals surface area contributed by atoms with Gasteiger partial charge in [-0.1, -0.05) is 29.8 Å². The van der Waals surface area contributed by atoms with Crippen molar-refractivity contribution in [3.05, 3.63) is 77.1 Å². The number of halogens is 1. The van der Waals surface area contributed by atoms with Gasteiger partial charge in [0.2, 0.25) is 5.89 Å². The topological polar surface area (TPSA) is 68.0 Å². The number of fused-ring (bicyclic) bond motifs is 1. The molecular formula is C20H14ClN3O2. The average molecular weight is 364 g/mol. The van der Waals surface area contributed by atoms with Crippen molar-refractivity contribution >= 4 is 34.3 Å². The van der Waals surface area contributed by atoms with Crippen LogP contribution in [-0.2, 0) is 0 Å². The highest BCUT2D eigenvalue weighted by atomic mass is 35.5. The van der Waals surface area contributed by atoms with Gasteiger partial charge < -0.3 is 9.73 Å². The minimum Gasteiger partial charge on any atom is -0.436 e. The van der Waals surface area contributed by atoms with Crippen LogP contribution in [0.2, 0.25) is 5.15 Å². The first-order valence-electron chi connectivity index (χ1n) is 8.00. The van der Waals surface area contributed by atoms with E-state index in [9.17, 15) is 4.79 Å². The van der Waals surface area contributed by atoms with E-state index in [2.05, 4.69) is 15.3 Å². The number of hydrogen-bond donors (Lipinski definition) is 1. The first-order chi connectivity index (χ1) is 12.6. The third-order valence-electron chi connectivity index (χ3n) is 4.03. The molecule has 2 heterocycles. The summed E-state index contributed by atoms with van der Waals surface area (Å²) in [6, 6.07) is 16.5. The number of aryl methyl sites for hydroxylation is 1. The van der Waals surface area contributed by atoms with Gasteiger partial charge in [-0.2, -0.15) is 0 Å². The highest BCUT2D eigenvalue weighted by molar-refractivity contribution is 6.33. The second kappa shape index (κ2) is 6.61. The maximum Gasteiger partial charge on any atom is 0.258 e. The third-order valence-corrected chi connectivity index (χ3v) is 4.33. The van der Waals surface area contributed by atoms with Gasteiger partial charge >= 0.3 is 0 Å². The summed E-state index contributed by atoms with van der Waals surface area (Å²) in [5.74, 6) is 0.182. The third kappa shape index (κ3) is 3.05. The van der Waals surface area contributed by atoms with Crippen LogP contribution in [0.5, 0.6) is 0 Å². The van der Waals surface area contributed by atoms with Crippen LogP contribution in [0.1, 0.15) is 15.9 Å². The van der Waals surface area contributed by atoms with Gasteiger partial charge in [0.15, 0.2) is 5.58 Å². The summed E-state index contributed by atoms with van der Waals surface area (Å²) in [5.41, 5.74) is 4.18. The van der Waals surface area contributed by atoms with E-state index in [1.165, 1.54) is 6.20 Å². The Morgan fingerprint density at radius 3 is 2.77 bits per heavy atom. The highest BCUT2D eigenvalue weighted by Gasteiger charge is 2.14. The molecular weight excluding hydrogens is 350 g/mol. The average Bonchev–Trinajstić information content (AvgIpc) is 3.08. The molecule has 0 atom stereocenters. The predicted molar refractivity (Wildman–Crippen MR) is 101 cm³/mol.